The number of hydrogen-bond donors (Lipinski definition) is 0. The molecule has 100 valence electrons. The minimum Gasteiger partial charge on any atom is -0.373 e. The maximum Gasteiger partial charge on any atom is 0.188 e. The van der Waals surface area contributed by atoms with Crippen LogP contribution in [0.2, 0.25) is 0 Å². The predicted octanol–water partition coefficient (Wildman–Crippen LogP) is 4.08. The van der Waals surface area contributed by atoms with Gasteiger partial charge in [0.25, 0.3) is 0 Å². The minimum absolute atomic E-state index is 0.0861. The molecule has 2 heteroatoms. The highest BCUT2D eigenvalue weighted by Crippen LogP contribution is 2.11. The van der Waals surface area contributed by atoms with Crippen LogP contribution in [-0.4, -0.2) is 19.0 Å². The molecule has 18 heavy (non-hydrogen) atoms. The van der Waals surface area contributed by atoms with Gasteiger partial charge < -0.3 is 4.74 Å². The Kier molecular flexibility index (Phi) is 6.66. The Labute approximate surface area is 110 Å². The number of benzene rings is 1. The van der Waals surface area contributed by atoms with Gasteiger partial charge in [-0.05, 0) is 25.8 Å². The van der Waals surface area contributed by atoms with E-state index < -0.39 is 0 Å². The zero-order valence-corrected chi connectivity index (χ0v) is 11.8. The number of carbonyl (C=O) groups excluding carboxylic acids is 1. The van der Waals surface area contributed by atoms with Crippen LogP contribution in [0.15, 0.2) is 18.2 Å². The molecule has 2 nitrogen and oxygen atoms in total. The topological polar surface area (TPSA) is 26.3 Å². The molecule has 0 spiro atoms. The van der Waals surface area contributed by atoms with Gasteiger partial charge in [0.05, 0.1) is 0 Å². The van der Waals surface area contributed by atoms with Gasteiger partial charge >= 0.3 is 0 Å². The van der Waals surface area contributed by atoms with E-state index in [1.165, 1.54) is 24.8 Å². The first-order chi connectivity index (χ1) is 8.65. The van der Waals surface area contributed by atoms with E-state index in [4.69, 9.17) is 4.74 Å². The first-order valence-corrected chi connectivity index (χ1v) is 6.83. The van der Waals surface area contributed by atoms with Crippen molar-refractivity contribution in [1.29, 1.82) is 0 Å². The average molecular weight is 248 g/mol. The third kappa shape index (κ3) is 5.01. The molecule has 0 aliphatic carbocycles. The Morgan fingerprint density at radius 3 is 2.61 bits per heavy atom. The lowest BCUT2D eigenvalue weighted by Gasteiger charge is -2.07. The number of rotatable bonds is 8. The lowest BCUT2D eigenvalue weighted by molar-refractivity contribution is 0.0752. The van der Waals surface area contributed by atoms with E-state index in [1.54, 1.807) is 0 Å². The fraction of sp³-hybridized carbons (Fsp3) is 0.562. The van der Waals surface area contributed by atoms with E-state index >= 15 is 0 Å². The molecule has 0 saturated carbocycles. The van der Waals surface area contributed by atoms with E-state index in [1.807, 2.05) is 32.0 Å². The Bertz CT molecular complexity index is 383. The van der Waals surface area contributed by atoms with Crippen molar-refractivity contribution in [2.75, 3.05) is 13.2 Å². The number of carbonyl (C=O) groups is 1. The largest absolute Gasteiger partial charge is 0.373 e. The second-order valence-electron chi connectivity index (χ2n) is 4.85. The molecule has 0 atom stereocenters. The fourth-order valence-corrected chi connectivity index (χ4v) is 2.00. The molecule has 0 radical (unpaired) electrons. The van der Waals surface area contributed by atoms with Crippen LogP contribution in [0.25, 0.3) is 0 Å². The van der Waals surface area contributed by atoms with Crippen molar-refractivity contribution in [2.24, 2.45) is 0 Å². The zero-order chi connectivity index (χ0) is 13.4. The SMILES string of the molecule is CCCCCCOCC(=O)c1ccc(C)cc1C. The van der Waals surface area contributed by atoms with Crippen LogP contribution >= 0.6 is 0 Å². The number of aryl methyl sites for hydroxylation is 2. The van der Waals surface area contributed by atoms with Crippen LogP contribution < -0.4 is 0 Å². The van der Waals surface area contributed by atoms with Crippen LogP contribution in [0.1, 0.15) is 54.1 Å². The van der Waals surface area contributed by atoms with Crippen molar-refractivity contribution in [3.63, 3.8) is 0 Å². The zero-order valence-electron chi connectivity index (χ0n) is 11.8. The Morgan fingerprint density at radius 2 is 1.94 bits per heavy atom. The first-order valence-electron chi connectivity index (χ1n) is 6.83. The van der Waals surface area contributed by atoms with Crippen molar-refractivity contribution in [3.05, 3.63) is 34.9 Å². The van der Waals surface area contributed by atoms with Gasteiger partial charge in [-0.15, -0.1) is 0 Å². The Balaban J connectivity index is 2.32. The molecule has 0 unspecified atom stereocenters. The summed E-state index contributed by atoms with van der Waals surface area (Å²) in [6.07, 6.45) is 4.71. The molecule has 0 heterocycles. The lowest BCUT2D eigenvalue weighted by atomic mass is 10.0. The summed E-state index contributed by atoms with van der Waals surface area (Å²) in [7, 11) is 0. The van der Waals surface area contributed by atoms with Crippen molar-refractivity contribution in [3.8, 4) is 0 Å². The average Bonchev–Trinajstić information content (AvgIpc) is 2.33. The molecule has 0 aliphatic heterocycles. The monoisotopic (exact) mass is 248 g/mol. The molecule has 1 aromatic rings. The lowest BCUT2D eigenvalue weighted by Crippen LogP contribution is -2.11. The molecular weight excluding hydrogens is 224 g/mol. The van der Waals surface area contributed by atoms with Gasteiger partial charge in [0.15, 0.2) is 5.78 Å². The van der Waals surface area contributed by atoms with Crippen molar-refractivity contribution < 1.29 is 9.53 Å². The van der Waals surface area contributed by atoms with Crippen LogP contribution in [0.3, 0.4) is 0 Å². The highest BCUT2D eigenvalue weighted by atomic mass is 16.5. The summed E-state index contributed by atoms with van der Waals surface area (Å²) in [4.78, 5) is 11.9. The standard InChI is InChI=1S/C16H24O2/c1-4-5-6-7-10-18-12-16(17)15-9-8-13(2)11-14(15)3/h8-9,11H,4-7,10,12H2,1-3H3. The summed E-state index contributed by atoms with van der Waals surface area (Å²) in [6.45, 7) is 7.09. The van der Waals surface area contributed by atoms with Crippen molar-refractivity contribution >= 4 is 5.78 Å². The van der Waals surface area contributed by atoms with Crippen molar-refractivity contribution in [2.45, 2.75) is 46.5 Å². The molecule has 0 amide bonds. The summed E-state index contributed by atoms with van der Waals surface area (Å²) in [6, 6.07) is 5.91. The third-order valence-corrected chi connectivity index (χ3v) is 3.06. The summed E-state index contributed by atoms with van der Waals surface area (Å²) in [5.74, 6) is 0.0861. The van der Waals surface area contributed by atoms with Crippen LogP contribution in [-0.2, 0) is 4.74 Å². The van der Waals surface area contributed by atoms with E-state index in [2.05, 4.69) is 6.92 Å². The third-order valence-electron chi connectivity index (χ3n) is 3.06. The quantitative estimate of drug-likeness (QED) is 0.512. The molecule has 0 aliphatic rings. The summed E-state index contributed by atoms with van der Waals surface area (Å²) < 4.78 is 5.43. The second-order valence-corrected chi connectivity index (χ2v) is 4.85. The summed E-state index contributed by atoms with van der Waals surface area (Å²) in [5, 5.41) is 0. The summed E-state index contributed by atoms with van der Waals surface area (Å²) >= 11 is 0. The van der Waals surface area contributed by atoms with Gasteiger partial charge in [-0.1, -0.05) is 49.9 Å². The highest BCUT2D eigenvalue weighted by Gasteiger charge is 2.08. The maximum absolute atomic E-state index is 11.9. The molecule has 0 saturated heterocycles. The van der Waals surface area contributed by atoms with Gasteiger partial charge in [0, 0.05) is 12.2 Å². The number of unbranched alkanes of at least 4 members (excludes halogenated alkanes) is 3. The number of ketones is 1. The van der Waals surface area contributed by atoms with E-state index in [-0.39, 0.29) is 12.4 Å². The molecule has 1 rings (SSSR count). The predicted molar refractivity (Wildman–Crippen MR) is 75.2 cm³/mol. The summed E-state index contributed by atoms with van der Waals surface area (Å²) in [5.41, 5.74) is 3.01. The Hall–Kier alpha value is -1.15. The molecule has 0 aromatic heterocycles. The van der Waals surface area contributed by atoms with Crippen LogP contribution in [0, 0.1) is 13.8 Å². The van der Waals surface area contributed by atoms with E-state index in [0.29, 0.717) is 6.61 Å². The number of ether oxygens (including phenoxy) is 1. The molecule has 0 fully saturated rings. The van der Waals surface area contributed by atoms with Gasteiger partial charge in [0.2, 0.25) is 0 Å². The molecular formula is C16H24O2. The molecule has 0 N–H and O–H groups in total. The fourth-order valence-electron chi connectivity index (χ4n) is 2.00. The molecule has 1 aromatic carbocycles. The van der Waals surface area contributed by atoms with Gasteiger partial charge in [-0.3, -0.25) is 4.79 Å². The van der Waals surface area contributed by atoms with Gasteiger partial charge in [0.1, 0.15) is 6.61 Å². The first kappa shape index (κ1) is 14.9. The van der Waals surface area contributed by atoms with E-state index in [9.17, 15) is 4.79 Å². The highest BCUT2D eigenvalue weighted by molar-refractivity contribution is 5.98. The second kappa shape index (κ2) is 8.04. The smallest absolute Gasteiger partial charge is 0.188 e. The maximum atomic E-state index is 11.9. The molecule has 0 bridgehead atoms. The number of hydrogen-bond acceptors (Lipinski definition) is 2. The Morgan fingerprint density at radius 1 is 1.17 bits per heavy atom. The number of Topliss-reactive ketones (excluding diaryl/α,β-unsaturated/α-hetero) is 1. The van der Waals surface area contributed by atoms with E-state index in [0.717, 1.165) is 17.5 Å². The van der Waals surface area contributed by atoms with Gasteiger partial charge in [-0.2, -0.15) is 0 Å². The van der Waals surface area contributed by atoms with Crippen LogP contribution in [0.5, 0.6) is 0 Å². The van der Waals surface area contributed by atoms with Crippen molar-refractivity contribution in [1.82, 2.24) is 0 Å². The van der Waals surface area contributed by atoms with Crippen LogP contribution in [0.4, 0.5) is 0 Å². The normalized spacial score (nSPS) is 10.6. The van der Waals surface area contributed by atoms with Gasteiger partial charge in [-0.25, -0.2) is 0 Å². The minimum atomic E-state index is 0.0861.